The topological polar surface area (TPSA) is 20.3 Å². The number of carbonyl (C=O) groups is 1. The Morgan fingerprint density at radius 2 is 1.77 bits per heavy atom. The minimum Gasteiger partial charge on any atom is -0.296 e. The lowest BCUT2D eigenvalue weighted by Crippen LogP contribution is -2.40. The third-order valence-electron chi connectivity index (χ3n) is 5.57. The van der Waals surface area contributed by atoms with Crippen LogP contribution in [0.25, 0.3) is 0 Å². The van der Waals surface area contributed by atoms with Crippen LogP contribution in [0, 0.1) is 17.8 Å². The van der Waals surface area contributed by atoms with E-state index in [9.17, 15) is 4.79 Å². The van der Waals surface area contributed by atoms with E-state index >= 15 is 4.39 Å². The van der Waals surface area contributed by atoms with E-state index in [0.717, 1.165) is 45.2 Å². The van der Waals surface area contributed by atoms with Gasteiger partial charge in [-0.2, -0.15) is 0 Å². The SMILES string of the molecule is CCN(CC)CC#CCCC(=O)C(F)(c1ccccc1)C1CCCCC1. The lowest BCUT2D eigenvalue weighted by atomic mass is 9.71. The molecule has 26 heavy (non-hydrogen) atoms. The molecule has 1 atom stereocenters. The monoisotopic (exact) mass is 357 g/mol. The smallest absolute Gasteiger partial charge is 0.196 e. The Labute approximate surface area is 158 Å². The number of carbonyl (C=O) groups excluding carboxylic acids is 1. The van der Waals surface area contributed by atoms with Crippen LogP contribution in [0.15, 0.2) is 30.3 Å². The summed E-state index contributed by atoms with van der Waals surface area (Å²) in [6.07, 6.45) is 5.39. The lowest BCUT2D eigenvalue weighted by molar-refractivity contribution is -0.136. The number of nitrogens with zero attached hydrogens (tertiary/aromatic N) is 1. The minimum absolute atomic E-state index is 0.188. The summed E-state index contributed by atoms with van der Waals surface area (Å²) in [6.45, 7) is 6.86. The predicted molar refractivity (Wildman–Crippen MR) is 106 cm³/mol. The number of ketones is 1. The van der Waals surface area contributed by atoms with Crippen LogP contribution in [0.1, 0.15) is 64.4 Å². The van der Waals surface area contributed by atoms with E-state index in [1.165, 1.54) is 0 Å². The van der Waals surface area contributed by atoms with Crippen molar-refractivity contribution < 1.29 is 9.18 Å². The molecule has 1 aliphatic rings. The molecule has 0 amide bonds. The summed E-state index contributed by atoms with van der Waals surface area (Å²) in [4.78, 5) is 15.1. The molecule has 0 aliphatic heterocycles. The Kier molecular flexibility index (Phi) is 8.32. The molecule has 0 N–H and O–H groups in total. The van der Waals surface area contributed by atoms with Gasteiger partial charge in [0.2, 0.25) is 0 Å². The number of Topliss-reactive ketones (excluding diaryl/α,β-unsaturated/α-hetero) is 1. The maximum Gasteiger partial charge on any atom is 0.196 e. The van der Waals surface area contributed by atoms with E-state index in [4.69, 9.17) is 0 Å². The van der Waals surface area contributed by atoms with Crippen molar-refractivity contribution in [3.63, 3.8) is 0 Å². The molecule has 2 rings (SSSR count). The molecule has 0 heterocycles. The van der Waals surface area contributed by atoms with Crippen molar-refractivity contribution in [3.8, 4) is 11.8 Å². The van der Waals surface area contributed by atoms with Crippen LogP contribution in [-0.2, 0) is 10.5 Å². The highest BCUT2D eigenvalue weighted by molar-refractivity contribution is 5.89. The van der Waals surface area contributed by atoms with E-state index in [1.54, 1.807) is 12.1 Å². The summed E-state index contributed by atoms with van der Waals surface area (Å²) in [5.74, 6) is 5.68. The van der Waals surface area contributed by atoms with Gasteiger partial charge in [-0.25, -0.2) is 4.39 Å². The molecule has 1 aromatic carbocycles. The number of hydrogen-bond acceptors (Lipinski definition) is 2. The highest BCUT2D eigenvalue weighted by Crippen LogP contribution is 2.43. The molecule has 1 fully saturated rings. The van der Waals surface area contributed by atoms with Crippen molar-refractivity contribution in [2.45, 2.75) is 64.5 Å². The number of benzene rings is 1. The largest absolute Gasteiger partial charge is 0.296 e. The zero-order chi connectivity index (χ0) is 18.8. The summed E-state index contributed by atoms with van der Waals surface area (Å²) in [5, 5.41) is 0. The molecule has 0 spiro atoms. The molecule has 2 nitrogen and oxygen atoms in total. The predicted octanol–water partition coefficient (Wildman–Crippen LogP) is 5.13. The van der Waals surface area contributed by atoms with Crippen LogP contribution >= 0.6 is 0 Å². The molecule has 0 saturated heterocycles. The first-order valence-electron chi connectivity index (χ1n) is 10.1. The van der Waals surface area contributed by atoms with Gasteiger partial charge in [0, 0.05) is 18.8 Å². The summed E-state index contributed by atoms with van der Waals surface area (Å²) >= 11 is 0. The van der Waals surface area contributed by atoms with E-state index in [1.807, 2.05) is 18.2 Å². The molecule has 0 bridgehead atoms. The highest BCUT2D eigenvalue weighted by Gasteiger charge is 2.46. The standard InChI is InChI=1S/C23H32FNO/c1-3-25(4-2)19-13-7-12-18-22(26)23(24,20-14-8-5-9-15-20)21-16-10-6-11-17-21/h5,8-9,14-15,21H,3-4,6,10-12,16-19H2,1-2H3. The van der Waals surface area contributed by atoms with Gasteiger partial charge in [0.05, 0.1) is 6.54 Å². The maximum atomic E-state index is 16.1. The first-order chi connectivity index (χ1) is 12.6. The van der Waals surface area contributed by atoms with Crippen LogP contribution in [0.4, 0.5) is 4.39 Å². The number of halogens is 1. The fourth-order valence-corrected chi connectivity index (χ4v) is 3.87. The molecule has 1 unspecified atom stereocenters. The molecule has 1 aromatic rings. The normalized spacial score (nSPS) is 17.4. The second-order valence-electron chi connectivity index (χ2n) is 7.15. The van der Waals surface area contributed by atoms with E-state index < -0.39 is 5.67 Å². The Morgan fingerprint density at radius 3 is 2.38 bits per heavy atom. The average Bonchev–Trinajstić information content (AvgIpc) is 2.71. The summed E-state index contributed by atoms with van der Waals surface area (Å²) in [5.41, 5.74) is -1.34. The van der Waals surface area contributed by atoms with Crippen molar-refractivity contribution in [1.82, 2.24) is 4.90 Å². The van der Waals surface area contributed by atoms with Crippen LogP contribution in [-0.4, -0.2) is 30.3 Å². The van der Waals surface area contributed by atoms with E-state index in [-0.39, 0.29) is 18.1 Å². The molecule has 3 heteroatoms. The summed E-state index contributed by atoms with van der Waals surface area (Å²) < 4.78 is 16.1. The van der Waals surface area contributed by atoms with Crippen LogP contribution in [0.5, 0.6) is 0 Å². The quantitative estimate of drug-likeness (QED) is 0.601. The minimum atomic E-state index is -1.86. The van der Waals surface area contributed by atoms with Crippen LogP contribution < -0.4 is 0 Å². The molecule has 0 radical (unpaired) electrons. The number of hydrogen-bond donors (Lipinski definition) is 0. The second kappa shape index (κ2) is 10.5. The molecule has 1 aliphatic carbocycles. The molecule has 1 saturated carbocycles. The van der Waals surface area contributed by atoms with E-state index in [2.05, 4.69) is 30.6 Å². The number of rotatable bonds is 8. The second-order valence-corrected chi connectivity index (χ2v) is 7.15. The summed E-state index contributed by atoms with van der Waals surface area (Å²) in [6, 6.07) is 9.04. The summed E-state index contributed by atoms with van der Waals surface area (Å²) in [7, 11) is 0. The first kappa shape index (κ1) is 20.6. The van der Waals surface area contributed by atoms with Gasteiger partial charge in [-0.05, 0) is 31.5 Å². The molecular weight excluding hydrogens is 325 g/mol. The fraction of sp³-hybridized carbons (Fsp3) is 0.609. The van der Waals surface area contributed by atoms with Crippen LogP contribution in [0.3, 0.4) is 0 Å². The fourth-order valence-electron chi connectivity index (χ4n) is 3.87. The zero-order valence-corrected chi connectivity index (χ0v) is 16.3. The maximum absolute atomic E-state index is 16.1. The van der Waals surface area contributed by atoms with Crippen molar-refractivity contribution in [3.05, 3.63) is 35.9 Å². The Morgan fingerprint density at radius 1 is 1.12 bits per heavy atom. The first-order valence-corrected chi connectivity index (χ1v) is 10.1. The lowest BCUT2D eigenvalue weighted by Gasteiger charge is -2.35. The highest BCUT2D eigenvalue weighted by atomic mass is 19.1. The third kappa shape index (κ3) is 5.17. The molecule has 142 valence electrons. The average molecular weight is 358 g/mol. The van der Waals surface area contributed by atoms with Gasteiger partial charge in [0.15, 0.2) is 11.5 Å². The van der Waals surface area contributed by atoms with Crippen molar-refractivity contribution >= 4 is 5.78 Å². The van der Waals surface area contributed by atoms with Gasteiger partial charge >= 0.3 is 0 Å². The van der Waals surface area contributed by atoms with Gasteiger partial charge in [-0.1, -0.05) is 69.4 Å². The van der Waals surface area contributed by atoms with Crippen molar-refractivity contribution in [2.24, 2.45) is 5.92 Å². The van der Waals surface area contributed by atoms with Crippen LogP contribution in [0.2, 0.25) is 0 Å². The van der Waals surface area contributed by atoms with Gasteiger partial charge in [-0.3, -0.25) is 9.69 Å². The van der Waals surface area contributed by atoms with Crippen molar-refractivity contribution in [1.29, 1.82) is 0 Å². The van der Waals surface area contributed by atoms with Crippen molar-refractivity contribution in [2.75, 3.05) is 19.6 Å². The van der Waals surface area contributed by atoms with Gasteiger partial charge in [0.25, 0.3) is 0 Å². The zero-order valence-electron chi connectivity index (χ0n) is 16.3. The Bertz CT molecular complexity index is 608. The molecular formula is C23H32FNO. The Balaban J connectivity index is 2.06. The van der Waals surface area contributed by atoms with E-state index in [0.29, 0.717) is 18.5 Å². The van der Waals surface area contributed by atoms with Gasteiger partial charge in [0.1, 0.15) is 0 Å². The third-order valence-corrected chi connectivity index (χ3v) is 5.57. The number of alkyl halides is 1. The Hall–Kier alpha value is -1.66. The van der Waals surface area contributed by atoms with Gasteiger partial charge < -0.3 is 0 Å². The molecule has 0 aromatic heterocycles. The van der Waals surface area contributed by atoms with Gasteiger partial charge in [-0.15, -0.1) is 5.92 Å².